The predicted octanol–water partition coefficient (Wildman–Crippen LogP) is 1.94. The van der Waals surface area contributed by atoms with E-state index in [0.717, 1.165) is 0 Å². The van der Waals surface area contributed by atoms with Gasteiger partial charge in [0.15, 0.2) is 0 Å². The summed E-state index contributed by atoms with van der Waals surface area (Å²) in [6.45, 7) is -0.492. The normalized spacial score (nSPS) is 10.3. The summed E-state index contributed by atoms with van der Waals surface area (Å²) in [5, 5.41) is 36.4. The molecule has 118 valence electrons. The van der Waals surface area contributed by atoms with Gasteiger partial charge in [-0.2, -0.15) is 0 Å². The molecule has 7 nitrogen and oxygen atoms in total. The van der Waals surface area contributed by atoms with E-state index in [2.05, 4.69) is 0 Å². The first-order chi connectivity index (χ1) is 10.8. The lowest BCUT2D eigenvalue weighted by Gasteiger charge is -2.09. The fourth-order valence-electron chi connectivity index (χ4n) is 2.20. The van der Waals surface area contributed by atoms with Crippen molar-refractivity contribution in [3.8, 4) is 11.1 Å². The van der Waals surface area contributed by atoms with Gasteiger partial charge < -0.3 is 20.4 Å². The highest BCUT2D eigenvalue weighted by molar-refractivity contribution is 6.02. The van der Waals surface area contributed by atoms with Crippen molar-refractivity contribution in [3.63, 3.8) is 0 Å². The third-order valence-electron chi connectivity index (χ3n) is 3.32. The van der Waals surface area contributed by atoms with Crippen LogP contribution in [0.3, 0.4) is 0 Å². The smallest absolute Gasteiger partial charge is 0.336 e. The molecule has 7 heteroatoms. The van der Waals surface area contributed by atoms with E-state index in [-0.39, 0.29) is 22.3 Å². The van der Waals surface area contributed by atoms with Gasteiger partial charge in [0.05, 0.1) is 23.3 Å². The van der Waals surface area contributed by atoms with Gasteiger partial charge in [-0.3, -0.25) is 0 Å². The van der Waals surface area contributed by atoms with E-state index in [1.807, 2.05) is 0 Å². The molecule has 0 aliphatic carbocycles. The Labute approximate surface area is 130 Å². The third-order valence-corrected chi connectivity index (χ3v) is 3.32. The largest absolute Gasteiger partial charge is 0.478 e. The summed E-state index contributed by atoms with van der Waals surface area (Å²) in [6, 6.07) is 7.98. The molecule has 0 bridgehead atoms. The molecule has 0 aromatic heterocycles. The number of aliphatic hydroxyl groups is 1. The second-order valence-electron chi connectivity index (χ2n) is 4.71. The fraction of sp³-hybridized carbons (Fsp3) is 0.0625. The molecule has 0 spiro atoms. The summed E-state index contributed by atoms with van der Waals surface area (Å²) in [4.78, 5) is 33.3. The van der Waals surface area contributed by atoms with Crippen molar-refractivity contribution < 1.29 is 34.8 Å². The Morgan fingerprint density at radius 3 is 1.65 bits per heavy atom. The Bertz CT molecular complexity index is 808. The minimum absolute atomic E-state index is 0.0585. The van der Waals surface area contributed by atoms with Crippen LogP contribution < -0.4 is 0 Å². The van der Waals surface area contributed by atoms with Gasteiger partial charge in [0, 0.05) is 0 Å². The molecular weight excluding hydrogens is 304 g/mol. The molecule has 2 aromatic rings. The fourth-order valence-corrected chi connectivity index (χ4v) is 2.20. The van der Waals surface area contributed by atoms with Crippen LogP contribution in [-0.4, -0.2) is 38.3 Å². The lowest BCUT2D eigenvalue weighted by molar-refractivity contribution is 0.0651. The summed E-state index contributed by atoms with van der Waals surface area (Å²) in [7, 11) is 0. The summed E-state index contributed by atoms with van der Waals surface area (Å²) in [6.07, 6.45) is 0. The van der Waals surface area contributed by atoms with E-state index in [4.69, 9.17) is 15.3 Å². The third kappa shape index (κ3) is 3.19. The van der Waals surface area contributed by atoms with E-state index < -0.39 is 24.5 Å². The minimum atomic E-state index is -1.38. The predicted molar refractivity (Wildman–Crippen MR) is 78.7 cm³/mol. The van der Waals surface area contributed by atoms with Gasteiger partial charge in [0.2, 0.25) is 0 Å². The highest BCUT2D eigenvalue weighted by Gasteiger charge is 2.17. The Morgan fingerprint density at radius 2 is 1.17 bits per heavy atom. The summed E-state index contributed by atoms with van der Waals surface area (Å²) in [5.74, 6) is -3.92. The van der Waals surface area contributed by atoms with Gasteiger partial charge in [-0.05, 0) is 41.0 Å². The van der Waals surface area contributed by atoms with Crippen LogP contribution in [0.1, 0.15) is 36.6 Å². The maximum Gasteiger partial charge on any atom is 0.336 e. The van der Waals surface area contributed by atoms with Crippen LogP contribution in [0.25, 0.3) is 11.1 Å². The quantitative estimate of drug-likeness (QED) is 0.662. The number of hydrogen-bond donors (Lipinski definition) is 4. The van der Waals surface area contributed by atoms with Gasteiger partial charge in [-0.25, -0.2) is 14.4 Å². The van der Waals surface area contributed by atoms with Gasteiger partial charge in [-0.15, -0.1) is 0 Å². The molecule has 0 saturated heterocycles. The molecule has 23 heavy (non-hydrogen) atoms. The maximum atomic E-state index is 11.2. The molecule has 0 saturated carbocycles. The number of benzene rings is 2. The van der Waals surface area contributed by atoms with E-state index >= 15 is 0 Å². The zero-order valence-electron chi connectivity index (χ0n) is 11.7. The first kappa shape index (κ1) is 16.2. The van der Waals surface area contributed by atoms with Crippen molar-refractivity contribution in [2.75, 3.05) is 0 Å². The molecule has 0 unspecified atom stereocenters. The first-order valence-electron chi connectivity index (χ1n) is 6.43. The topological polar surface area (TPSA) is 132 Å². The van der Waals surface area contributed by atoms with Gasteiger partial charge in [0.25, 0.3) is 0 Å². The van der Waals surface area contributed by atoms with Crippen LogP contribution in [0, 0.1) is 0 Å². The number of carbonyl (C=O) groups is 3. The molecule has 4 N–H and O–H groups in total. The SMILES string of the molecule is O=C(O)c1ccc(-c2ccc(C(=O)O)c(C(=O)O)c2)cc1CO. The Balaban J connectivity index is 2.59. The number of carboxylic acids is 3. The molecule has 0 heterocycles. The highest BCUT2D eigenvalue weighted by Crippen LogP contribution is 2.25. The number of hydrogen-bond acceptors (Lipinski definition) is 4. The lowest BCUT2D eigenvalue weighted by Crippen LogP contribution is -2.08. The van der Waals surface area contributed by atoms with Crippen molar-refractivity contribution in [1.82, 2.24) is 0 Å². The molecule has 0 fully saturated rings. The molecule has 0 aliphatic rings. The Hall–Kier alpha value is -3.19. The maximum absolute atomic E-state index is 11.2. The second-order valence-corrected chi connectivity index (χ2v) is 4.71. The summed E-state index contributed by atoms with van der Waals surface area (Å²) < 4.78 is 0. The second kappa shape index (κ2) is 6.29. The summed E-state index contributed by atoms with van der Waals surface area (Å²) >= 11 is 0. The number of aliphatic hydroxyl groups excluding tert-OH is 1. The average Bonchev–Trinajstić information content (AvgIpc) is 2.53. The van der Waals surface area contributed by atoms with Gasteiger partial charge in [0.1, 0.15) is 0 Å². The van der Waals surface area contributed by atoms with E-state index in [0.29, 0.717) is 11.1 Å². The molecule has 2 aromatic carbocycles. The lowest BCUT2D eigenvalue weighted by atomic mass is 9.96. The van der Waals surface area contributed by atoms with Crippen molar-refractivity contribution in [2.45, 2.75) is 6.61 Å². The first-order valence-corrected chi connectivity index (χ1v) is 6.43. The average molecular weight is 316 g/mol. The van der Waals surface area contributed by atoms with E-state index in [1.165, 1.54) is 36.4 Å². The van der Waals surface area contributed by atoms with Crippen molar-refractivity contribution in [2.24, 2.45) is 0 Å². The monoisotopic (exact) mass is 316 g/mol. The molecule has 0 amide bonds. The molecular formula is C16H12O7. The van der Waals surface area contributed by atoms with Crippen molar-refractivity contribution in [1.29, 1.82) is 0 Å². The molecule has 2 rings (SSSR count). The Kier molecular flexibility index (Phi) is 4.42. The van der Waals surface area contributed by atoms with E-state index in [1.54, 1.807) is 0 Å². The number of rotatable bonds is 5. The zero-order valence-corrected chi connectivity index (χ0v) is 11.7. The van der Waals surface area contributed by atoms with Gasteiger partial charge in [-0.1, -0.05) is 12.1 Å². The van der Waals surface area contributed by atoms with Crippen molar-refractivity contribution in [3.05, 3.63) is 58.7 Å². The number of carboxylic acid groups (broad SMARTS) is 3. The van der Waals surface area contributed by atoms with Crippen LogP contribution in [0.5, 0.6) is 0 Å². The zero-order chi connectivity index (χ0) is 17.1. The molecule has 0 radical (unpaired) electrons. The summed E-state index contributed by atoms with van der Waals surface area (Å²) in [5.41, 5.74) is 0.275. The Morgan fingerprint density at radius 1 is 0.696 bits per heavy atom. The minimum Gasteiger partial charge on any atom is -0.478 e. The molecule has 0 atom stereocenters. The van der Waals surface area contributed by atoms with Gasteiger partial charge >= 0.3 is 17.9 Å². The van der Waals surface area contributed by atoms with Crippen LogP contribution in [0.15, 0.2) is 36.4 Å². The van der Waals surface area contributed by atoms with Crippen LogP contribution in [0.2, 0.25) is 0 Å². The number of aromatic carboxylic acids is 3. The van der Waals surface area contributed by atoms with Crippen LogP contribution in [0.4, 0.5) is 0 Å². The van der Waals surface area contributed by atoms with Crippen LogP contribution in [-0.2, 0) is 6.61 Å². The van der Waals surface area contributed by atoms with Crippen LogP contribution >= 0.6 is 0 Å². The highest BCUT2D eigenvalue weighted by atomic mass is 16.4. The standard InChI is InChI=1S/C16H12O7/c17-7-10-5-8(1-3-11(10)14(18)19)9-2-4-12(15(20)21)13(6-9)16(22)23/h1-6,17H,7H2,(H,18,19)(H,20,21)(H,22,23). The molecule has 0 aliphatic heterocycles. The van der Waals surface area contributed by atoms with Crippen molar-refractivity contribution >= 4 is 17.9 Å². The van der Waals surface area contributed by atoms with E-state index in [9.17, 15) is 19.5 Å².